The molecule has 0 aromatic heterocycles. The molecule has 2 N–H and O–H groups in total. The van der Waals surface area contributed by atoms with Gasteiger partial charge in [-0.3, -0.25) is 4.90 Å². The molecule has 1 aromatic rings. The van der Waals surface area contributed by atoms with Crippen LogP contribution in [0.4, 0.5) is 0 Å². The van der Waals surface area contributed by atoms with Crippen LogP contribution in [0.15, 0.2) is 12.1 Å². The van der Waals surface area contributed by atoms with E-state index in [1.807, 2.05) is 19.9 Å². The summed E-state index contributed by atoms with van der Waals surface area (Å²) in [6.07, 6.45) is 1.95. The summed E-state index contributed by atoms with van der Waals surface area (Å²) in [6.45, 7) is 11.9. The smallest absolute Gasteiger partial charge is 0.137 e. The average molecular weight is 335 g/mol. The van der Waals surface area contributed by atoms with E-state index in [4.69, 9.17) is 4.74 Å². The van der Waals surface area contributed by atoms with Crippen LogP contribution in [0.3, 0.4) is 0 Å². The van der Waals surface area contributed by atoms with Crippen molar-refractivity contribution in [3.8, 4) is 5.75 Å². The average Bonchev–Trinajstić information content (AvgIpc) is 2.56. The van der Waals surface area contributed by atoms with E-state index in [9.17, 15) is 10.2 Å². The maximum absolute atomic E-state index is 11.0. The molecular formula is C20H33NO3. The molecule has 0 amide bonds. The predicted molar refractivity (Wildman–Crippen MR) is 97.7 cm³/mol. The van der Waals surface area contributed by atoms with Crippen molar-refractivity contribution in [1.82, 2.24) is 4.90 Å². The molecule has 24 heavy (non-hydrogen) atoms. The zero-order valence-corrected chi connectivity index (χ0v) is 15.8. The van der Waals surface area contributed by atoms with Gasteiger partial charge in [0, 0.05) is 19.1 Å². The summed E-state index contributed by atoms with van der Waals surface area (Å²) in [7, 11) is 0. The minimum Gasteiger partial charge on any atom is -0.490 e. The highest BCUT2D eigenvalue weighted by atomic mass is 16.5. The lowest BCUT2D eigenvalue weighted by Crippen LogP contribution is -2.61. The van der Waals surface area contributed by atoms with Gasteiger partial charge in [0.05, 0.1) is 6.10 Å². The number of aliphatic hydroxyl groups excluding tert-OH is 1. The molecule has 1 fully saturated rings. The Morgan fingerprint density at radius 3 is 2.46 bits per heavy atom. The second-order valence-electron chi connectivity index (χ2n) is 7.29. The van der Waals surface area contributed by atoms with Gasteiger partial charge in [-0.15, -0.1) is 0 Å². The number of ether oxygens (including phenoxy) is 1. The van der Waals surface area contributed by atoms with Gasteiger partial charge in [0.25, 0.3) is 0 Å². The number of β-amino-alcohol motifs (C(OH)–C–C–N with tert-alkyl or cyclic N) is 1. The van der Waals surface area contributed by atoms with Crippen LogP contribution in [0.5, 0.6) is 5.75 Å². The number of rotatable bonds is 6. The van der Waals surface area contributed by atoms with E-state index in [0.717, 1.165) is 36.3 Å². The molecule has 0 radical (unpaired) electrons. The lowest BCUT2D eigenvalue weighted by Gasteiger charge is -2.45. The SMILES string of the molecule is CCC(CC)N1CC[C@H](O)[C@@](O)(COc2c(C)ccc(C)c2C)C1. The van der Waals surface area contributed by atoms with Crippen LogP contribution in [0.25, 0.3) is 0 Å². The summed E-state index contributed by atoms with van der Waals surface area (Å²) in [5.41, 5.74) is 2.11. The molecule has 0 bridgehead atoms. The predicted octanol–water partition coefficient (Wildman–Crippen LogP) is 2.98. The number of likely N-dealkylation sites (tertiary alicyclic amines) is 1. The van der Waals surface area contributed by atoms with Crippen molar-refractivity contribution < 1.29 is 14.9 Å². The van der Waals surface area contributed by atoms with E-state index in [1.54, 1.807) is 0 Å². The van der Waals surface area contributed by atoms with Crippen LogP contribution < -0.4 is 4.74 Å². The Bertz CT molecular complexity index is 556. The van der Waals surface area contributed by atoms with Crippen LogP contribution in [0, 0.1) is 20.8 Å². The Morgan fingerprint density at radius 1 is 1.21 bits per heavy atom. The standard InChI is InChI=1S/C20H33NO3/c1-6-17(7-2)21-11-10-18(22)20(23,12-21)13-24-19-15(4)9-8-14(3)16(19)5/h8-9,17-18,22-23H,6-7,10-13H2,1-5H3/t18-,20-/m0/s1. The highest BCUT2D eigenvalue weighted by molar-refractivity contribution is 5.44. The van der Waals surface area contributed by atoms with Crippen LogP contribution >= 0.6 is 0 Å². The highest BCUT2D eigenvalue weighted by Crippen LogP contribution is 2.30. The van der Waals surface area contributed by atoms with E-state index in [0.29, 0.717) is 19.0 Å². The monoisotopic (exact) mass is 335 g/mol. The first-order valence-corrected chi connectivity index (χ1v) is 9.16. The van der Waals surface area contributed by atoms with Gasteiger partial charge >= 0.3 is 0 Å². The first kappa shape index (κ1) is 19.2. The van der Waals surface area contributed by atoms with E-state index in [-0.39, 0.29) is 6.61 Å². The largest absolute Gasteiger partial charge is 0.490 e. The molecule has 0 unspecified atom stereocenters. The molecule has 1 aliphatic heterocycles. The molecule has 1 aromatic carbocycles. The normalized spacial score (nSPS) is 25.2. The van der Waals surface area contributed by atoms with Gasteiger partial charge in [0.2, 0.25) is 0 Å². The lowest BCUT2D eigenvalue weighted by molar-refractivity contribution is -0.145. The second kappa shape index (κ2) is 7.85. The number of benzene rings is 1. The number of hydrogen-bond acceptors (Lipinski definition) is 4. The Hall–Kier alpha value is -1.10. The van der Waals surface area contributed by atoms with Gasteiger partial charge in [-0.1, -0.05) is 26.0 Å². The Morgan fingerprint density at radius 2 is 1.83 bits per heavy atom. The third-order valence-electron chi connectivity index (χ3n) is 5.59. The molecule has 136 valence electrons. The van der Waals surface area contributed by atoms with Crippen LogP contribution in [-0.2, 0) is 0 Å². The molecule has 1 aliphatic rings. The zero-order chi connectivity index (χ0) is 17.9. The fraction of sp³-hybridized carbons (Fsp3) is 0.700. The summed E-state index contributed by atoms with van der Waals surface area (Å²) in [4.78, 5) is 2.30. The number of aliphatic hydroxyl groups is 2. The number of nitrogens with zero attached hydrogens (tertiary/aromatic N) is 1. The van der Waals surface area contributed by atoms with E-state index < -0.39 is 11.7 Å². The Balaban J connectivity index is 2.13. The molecule has 2 rings (SSSR count). The Kier molecular flexibility index (Phi) is 6.29. The van der Waals surface area contributed by atoms with Gasteiger partial charge in [-0.2, -0.15) is 0 Å². The molecule has 0 spiro atoms. The molecule has 4 heteroatoms. The molecule has 0 saturated carbocycles. The maximum Gasteiger partial charge on any atom is 0.137 e. The second-order valence-corrected chi connectivity index (χ2v) is 7.29. The molecule has 4 nitrogen and oxygen atoms in total. The molecule has 0 aliphatic carbocycles. The van der Waals surface area contributed by atoms with Crippen molar-refractivity contribution in [2.75, 3.05) is 19.7 Å². The number of aryl methyl sites for hydroxylation is 2. The minimum absolute atomic E-state index is 0.121. The van der Waals surface area contributed by atoms with Crippen molar-refractivity contribution in [2.24, 2.45) is 0 Å². The fourth-order valence-electron chi connectivity index (χ4n) is 3.70. The van der Waals surface area contributed by atoms with Gasteiger partial charge in [0.1, 0.15) is 18.0 Å². The van der Waals surface area contributed by atoms with Crippen molar-refractivity contribution in [1.29, 1.82) is 0 Å². The molecule has 1 heterocycles. The van der Waals surface area contributed by atoms with Crippen LogP contribution in [-0.4, -0.2) is 52.6 Å². The van der Waals surface area contributed by atoms with Gasteiger partial charge in [-0.05, 0) is 56.7 Å². The van der Waals surface area contributed by atoms with Crippen molar-refractivity contribution in [2.45, 2.75) is 71.6 Å². The third-order valence-corrected chi connectivity index (χ3v) is 5.59. The van der Waals surface area contributed by atoms with E-state index in [1.165, 1.54) is 5.56 Å². The first-order valence-electron chi connectivity index (χ1n) is 9.16. The number of hydrogen-bond donors (Lipinski definition) is 2. The fourth-order valence-corrected chi connectivity index (χ4v) is 3.70. The Labute approximate surface area is 146 Å². The van der Waals surface area contributed by atoms with E-state index in [2.05, 4.69) is 31.7 Å². The molecular weight excluding hydrogens is 302 g/mol. The quantitative estimate of drug-likeness (QED) is 0.839. The minimum atomic E-state index is -1.22. The first-order chi connectivity index (χ1) is 11.3. The summed E-state index contributed by atoms with van der Waals surface area (Å²) in [5, 5.41) is 21.4. The van der Waals surface area contributed by atoms with Crippen LogP contribution in [0.1, 0.15) is 49.8 Å². The number of piperidine rings is 1. The summed E-state index contributed by atoms with van der Waals surface area (Å²) < 4.78 is 6.02. The summed E-state index contributed by atoms with van der Waals surface area (Å²) in [6, 6.07) is 4.57. The van der Waals surface area contributed by atoms with Gasteiger partial charge < -0.3 is 14.9 Å². The van der Waals surface area contributed by atoms with Crippen LogP contribution in [0.2, 0.25) is 0 Å². The van der Waals surface area contributed by atoms with Crippen molar-refractivity contribution in [3.05, 3.63) is 28.8 Å². The molecule has 1 saturated heterocycles. The van der Waals surface area contributed by atoms with E-state index >= 15 is 0 Å². The van der Waals surface area contributed by atoms with Gasteiger partial charge in [-0.25, -0.2) is 0 Å². The summed E-state index contributed by atoms with van der Waals surface area (Å²) >= 11 is 0. The summed E-state index contributed by atoms with van der Waals surface area (Å²) in [5.74, 6) is 0.829. The van der Waals surface area contributed by atoms with Gasteiger partial charge in [0.15, 0.2) is 0 Å². The third kappa shape index (κ3) is 3.93. The highest BCUT2D eigenvalue weighted by Gasteiger charge is 2.43. The lowest BCUT2D eigenvalue weighted by atomic mass is 9.88. The maximum atomic E-state index is 11.0. The van der Waals surface area contributed by atoms with Crippen molar-refractivity contribution >= 4 is 0 Å². The zero-order valence-electron chi connectivity index (χ0n) is 15.8. The van der Waals surface area contributed by atoms with Crippen molar-refractivity contribution in [3.63, 3.8) is 0 Å². The topological polar surface area (TPSA) is 52.9 Å². The molecule has 2 atom stereocenters.